The molecule has 2 nitrogen and oxygen atoms in total. The number of hydrogen-bond acceptors (Lipinski definition) is 2. The van der Waals surface area contributed by atoms with Crippen molar-refractivity contribution in [3.63, 3.8) is 0 Å². The van der Waals surface area contributed by atoms with E-state index in [-0.39, 0.29) is 87.0 Å². The van der Waals surface area contributed by atoms with E-state index in [0.717, 1.165) is 28.5 Å². The molecule has 14 rings (SSSR count). The number of benzene rings is 12. The van der Waals surface area contributed by atoms with E-state index in [0.29, 0.717) is 10.8 Å². The van der Waals surface area contributed by atoms with Crippen LogP contribution in [0.4, 0.5) is 0 Å². The molecule has 0 saturated heterocycles. The highest BCUT2D eigenvalue weighted by molar-refractivity contribution is 6.09. The largest absolute Gasteiger partial charge is 0.457 e. The Morgan fingerprint density at radius 3 is 0.608 bits per heavy atom. The van der Waals surface area contributed by atoms with Gasteiger partial charge in [0.1, 0.15) is 11.5 Å². The molecule has 2 fully saturated rings. The molecule has 0 heterocycles. The first-order valence-corrected chi connectivity index (χ1v) is 53.9. The Morgan fingerprint density at radius 1 is 0.217 bits per heavy atom. The summed E-state index contributed by atoms with van der Waals surface area (Å²) in [4.78, 5) is 12.6. The van der Waals surface area contributed by atoms with Crippen LogP contribution in [0.25, 0.3) is 11.1 Å². The Bertz CT molecular complexity index is 5650. The molecular formula is C141H192O2. The molecule has 12 aromatic carbocycles. The minimum absolute atomic E-state index is 0.0207. The zero-order valence-corrected chi connectivity index (χ0v) is 98.1. The summed E-state index contributed by atoms with van der Waals surface area (Å²) >= 11 is 0. The third kappa shape index (κ3) is 32.1. The molecule has 0 spiro atoms. The van der Waals surface area contributed by atoms with E-state index in [4.69, 9.17) is 4.74 Å². The van der Waals surface area contributed by atoms with Crippen LogP contribution in [-0.2, 0) is 81.2 Å². The molecule has 1 atom stereocenters. The molecule has 768 valence electrons. The summed E-state index contributed by atoms with van der Waals surface area (Å²) in [6.07, 6.45) is 8.87. The summed E-state index contributed by atoms with van der Waals surface area (Å²) in [6, 6.07) is 107. The second-order valence-corrected chi connectivity index (χ2v) is 57.1. The van der Waals surface area contributed by atoms with Gasteiger partial charge in [0.15, 0.2) is 5.78 Å². The molecule has 2 saturated carbocycles. The average Bonchev–Trinajstić information content (AvgIpc) is 0.742. The predicted molar refractivity (Wildman–Crippen MR) is 627 cm³/mol. The van der Waals surface area contributed by atoms with E-state index < -0.39 is 0 Å². The molecule has 0 bridgehead atoms. The topological polar surface area (TPSA) is 26.3 Å². The predicted octanol–water partition coefficient (Wildman–Crippen LogP) is 40.7. The summed E-state index contributed by atoms with van der Waals surface area (Å²) < 4.78 is 5.91. The lowest BCUT2D eigenvalue weighted by molar-refractivity contribution is 0.103. The maximum Gasteiger partial charge on any atom is 0.193 e. The molecule has 0 radical (unpaired) electrons. The first kappa shape index (κ1) is 117. The third-order valence-corrected chi connectivity index (χ3v) is 30.3. The van der Waals surface area contributed by atoms with Crippen LogP contribution in [-0.4, -0.2) is 5.78 Å². The van der Waals surface area contributed by atoms with E-state index in [9.17, 15) is 4.79 Å². The van der Waals surface area contributed by atoms with Crippen LogP contribution < -0.4 is 4.74 Å². The number of hydrogen-bond donors (Lipinski definition) is 0. The van der Waals surface area contributed by atoms with Crippen LogP contribution in [0.5, 0.6) is 11.5 Å². The normalized spacial score (nSPS) is 15.8. The molecule has 1 unspecified atom stereocenters. The second kappa shape index (κ2) is 44.4. The molecule has 0 amide bonds. The van der Waals surface area contributed by atoms with E-state index >= 15 is 0 Å². The summed E-state index contributed by atoms with van der Waals surface area (Å²) in [5.41, 5.74) is 32.3. The molecule has 0 aliphatic heterocycles. The van der Waals surface area contributed by atoms with Crippen LogP contribution >= 0.6 is 0 Å². The Labute approximate surface area is 875 Å². The van der Waals surface area contributed by atoms with Crippen molar-refractivity contribution in [2.75, 3.05) is 0 Å². The van der Waals surface area contributed by atoms with Crippen molar-refractivity contribution in [1.29, 1.82) is 0 Å². The highest BCUT2D eigenvalue weighted by Crippen LogP contribution is 2.56. The Hall–Kier alpha value is -9.89. The van der Waals surface area contributed by atoms with Crippen molar-refractivity contribution in [3.05, 3.63) is 402 Å². The van der Waals surface area contributed by atoms with Crippen molar-refractivity contribution in [3.8, 4) is 22.6 Å². The quantitative estimate of drug-likeness (QED) is 0.121. The minimum atomic E-state index is 0.0207. The van der Waals surface area contributed by atoms with Crippen molar-refractivity contribution < 1.29 is 9.53 Å². The summed E-state index contributed by atoms with van der Waals surface area (Å²) in [5.74, 6) is 2.57. The molecular weight excluding hydrogens is 1730 g/mol. The fraction of sp³-hybridized carbons (Fsp3) is 0.482. The highest BCUT2D eigenvalue weighted by Gasteiger charge is 2.47. The van der Waals surface area contributed by atoms with Gasteiger partial charge in [-0.05, 0) is 256 Å². The first-order chi connectivity index (χ1) is 65.4. The Balaban J connectivity index is 0.000000192. The van der Waals surface area contributed by atoms with Gasteiger partial charge in [0, 0.05) is 27.4 Å². The lowest BCUT2D eigenvalue weighted by Crippen LogP contribution is -2.41. The average molecular weight is 1920 g/mol. The van der Waals surface area contributed by atoms with Gasteiger partial charge in [-0.2, -0.15) is 0 Å². The van der Waals surface area contributed by atoms with Crippen LogP contribution in [0.15, 0.2) is 291 Å². The summed E-state index contributed by atoms with van der Waals surface area (Å²) in [6.45, 7) is 97.9. The number of carbonyl (C=O) groups is 1. The second-order valence-electron chi connectivity index (χ2n) is 57.1. The number of ether oxygens (including phenoxy) is 1. The van der Waals surface area contributed by atoms with Gasteiger partial charge < -0.3 is 4.74 Å². The standard InChI is InChI=1S/C29H42.C28H40.C23H32.C21H26O.C20H26O.C20H26/c1-21-18-28(8,9)20-29(19-21,24-14-10-22(11-15-24)26(2,3)4)25-16-12-23(13-17-25)27(5,6)7;1-25(2,3)21-10-14-23(15-11-21)28(19-9-18-27(7,8)20-28)24-16-12-22(13-17-24)26(4,5)6;1-21(2,3)17-9-13-19(14-10-17)23(7,8)20-15-11-18(12-16-20)22(4,5)6;1-20(2,3)17-11-7-15(8-12-17)19(22)16-9-13-18(14-10-16)21(4,5)6;1-19(2,3)15-7-11-17(12-8-15)21-18-13-9-16(10-14-18)20(4,5)6;1-19(2,3)17-11-7-15(8-12-17)16-9-13-18(14-10-16)20(4,5)6/h10-17,21H,18-20H2,1-9H3;10-17H,9,18-20H2,1-8H3;9-16H,1-8H3;7-14H,1-6H3;7-14H,1-6H3;7-14H,1-6H3. The third-order valence-electron chi connectivity index (χ3n) is 30.3. The smallest absolute Gasteiger partial charge is 0.193 e. The van der Waals surface area contributed by atoms with Gasteiger partial charge in [0.2, 0.25) is 0 Å². The van der Waals surface area contributed by atoms with Crippen molar-refractivity contribution in [2.45, 2.75) is 424 Å². The number of carbonyl (C=O) groups excluding carboxylic acids is 1. The highest BCUT2D eigenvalue weighted by atomic mass is 16.5. The van der Waals surface area contributed by atoms with Gasteiger partial charge >= 0.3 is 0 Å². The lowest BCUT2D eigenvalue weighted by atomic mass is 9.55. The van der Waals surface area contributed by atoms with Gasteiger partial charge in [0.05, 0.1) is 0 Å². The SMILES string of the molecule is CC(C)(C)c1ccc(-c2ccc(C(C)(C)C)cc2)cc1.CC(C)(C)c1ccc(C(=O)c2ccc(C(C)(C)C)cc2)cc1.CC(C)(C)c1ccc(C(C)(C)c2ccc(C(C)(C)C)cc2)cc1.CC(C)(C)c1ccc(Oc2ccc(C(C)(C)C)cc2)cc1.CC1(C)CCCC(c2ccc(C(C)(C)C)cc2)(c2ccc(C(C)(C)C)cc2)C1.CC1CC(C)(C)CC(c2ccc(C(C)(C)C)cc2)(c2ccc(C(C)(C)C)cc2)C1. The van der Waals surface area contributed by atoms with Crippen LogP contribution in [0.1, 0.15) is 459 Å². The Morgan fingerprint density at radius 2 is 0.399 bits per heavy atom. The van der Waals surface area contributed by atoms with Gasteiger partial charge in [-0.1, -0.05) is 571 Å². The Kier molecular flexibility index (Phi) is 36.2. The summed E-state index contributed by atoms with van der Waals surface area (Å²) in [7, 11) is 0. The van der Waals surface area contributed by atoms with Crippen molar-refractivity contribution in [2.24, 2.45) is 16.7 Å². The molecule has 12 aromatic rings. The van der Waals surface area contributed by atoms with Gasteiger partial charge in [-0.3, -0.25) is 4.79 Å². The van der Waals surface area contributed by atoms with Crippen molar-refractivity contribution in [1.82, 2.24) is 0 Å². The maximum absolute atomic E-state index is 12.6. The fourth-order valence-electron chi connectivity index (χ4n) is 20.7. The maximum atomic E-state index is 12.6. The van der Waals surface area contributed by atoms with Crippen LogP contribution in [0.3, 0.4) is 0 Å². The van der Waals surface area contributed by atoms with E-state index in [1.54, 1.807) is 0 Å². The first-order valence-electron chi connectivity index (χ1n) is 53.9. The van der Waals surface area contributed by atoms with Crippen LogP contribution in [0.2, 0.25) is 0 Å². The molecule has 0 aromatic heterocycles. The molecule has 2 aliphatic rings. The minimum Gasteiger partial charge on any atom is -0.457 e. The molecule has 143 heavy (non-hydrogen) atoms. The van der Waals surface area contributed by atoms with Crippen molar-refractivity contribution >= 4 is 5.78 Å². The monoisotopic (exact) mass is 1920 g/mol. The molecule has 0 N–H and O–H groups in total. The summed E-state index contributed by atoms with van der Waals surface area (Å²) in [5, 5.41) is 0. The van der Waals surface area contributed by atoms with Crippen LogP contribution in [0, 0.1) is 16.7 Å². The van der Waals surface area contributed by atoms with E-state index in [1.165, 1.54) is 156 Å². The number of rotatable bonds is 11. The fourth-order valence-corrected chi connectivity index (χ4v) is 20.7. The van der Waals surface area contributed by atoms with E-state index in [2.05, 4.69) is 540 Å². The molecule has 2 heteroatoms. The lowest BCUT2D eigenvalue weighted by Gasteiger charge is -2.49. The zero-order valence-electron chi connectivity index (χ0n) is 98.1. The van der Waals surface area contributed by atoms with E-state index in [1.807, 2.05) is 48.5 Å². The zero-order chi connectivity index (χ0) is 107. The van der Waals surface area contributed by atoms with Gasteiger partial charge in [-0.15, -0.1) is 0 Å². The number of ketones is 1. The van der Waals surface area contributed by atoms with Gasteiger partial charge in [0.25, 0.3) is 0 Å². The van der Waals surface area contributed by atoms with Gasteiger partial charge in [-0.25, -0.2) is 0 Å². The molecule has 2 aliphatic carbocycles.